The van der Waals surface area contributed by atoms with Crippen molar-refractivity contribution in [2.45, 2.75) is 30.4 Å². The van der Waals surface area contributed by atoms with Gasteiger partial charge in [-0.3, -0.25) is 4.79 Å². The Morgan fingerprint density at radius 1 is 1.32 bits per heavy atom. The maximum absolute atomic E-state index is 12.1. The van der Waals surface area contributed by atoms with E-state index in [4.69, 9.17) is 0 Å². The van der Waals surface area contributed by atoms with Crippen LogP contribution in [-0.2, 0) is 0 Å². The predicted molar refractivity (Wildman–Crippen MR) is 76.8 cm³/mol. The van der Waals surface area contributed by atoms with Crippen molar-refractivity contribution in [2.75, 3.05) is 12.8 Å². The quantitative estimate of drug-likeness (QED) is 0.793. The summed E-state index contributed by atoms with van der Waals surface area (Å²) in [5, 5.41) is 22.1. The Kier molecular flexibility index (Phi) is 4.24. The van der Waals surface area contributed by atoms with Crippen molar-refractivity contribution >= 4 is 17.7 Å². The first kappa shape index (κ1) is 14.1. The monoisotopic (exact) mass is 281 g/mol. The number of thioether (sulfide) groups is 1. The smallest absolute Gasteiger partial charge is 0.258 e. The summed E-state index contributed by atoms with van der Waals surface area (Å²) in [5.74, 6) is -0.805. The van der Waals surface area contributed by atoms with Gasteiger partial charge in [-0.25, -0.2) is 0 Å². The molecular formula is C14H19NO3S. The Morgan fingerprint density at radius 3 is 2.42 bits per heavy atom. The standard InChI is InChI=1S/C14H19NO3S/c1-19-14(7-2-3-8-14)9-15-13(18)12-10(16)5-4-6-11(12)17/h4-6,16-17H,2-3,7-9H2,1H3,(H,15,18). The summed E-state index contributed by atoms with van der Waals surface area (Å²) in [6, 6.07) is 4.30. The van der Waals surface area contributed by atoms with Crippen molar-refractivity contribution < 1.29 is 15.0 Å². The summed E-state index contributed by atoms with van der Waals surface area (Å²) >= 11 is 1.79. The predicted octanol–water partition coefficient (Wildman–Crippen LogP) is 2.50. The zero-order valence-electron chi connectivity index (χ0n) is 11.0. The van der Waals surface area contributed by atoms with E-state index in [1.807, 2.05) is 0 Å². The minimum atomic E-state index is -0.420. The van der Waals surface area contributed by atoms with E-state index in [0.29, 0.717) is 6.54 Å². The van der Waals surface area contributed by atoms with Gasteiger partial charge in [0, 0.05) is 11.3 Å². The molecule has 0 unspecified atom stereocenters. The number of benzene rings is 1. The van der Waals surface area contributed by atoms with Crippen molar-refractivity contribution in [3.63, 3.8) is 0 Å². The van der Waals surface area contributed by atoms with E-state index < -0.39 is 5.91 Å². The first-order valence-electron chi connectivity index (χ1n) is 6.42. The van der Waals surface area contributed by atoms with Gasteiger partial charge in [0.1, 0.15) is 17.1 Å². The molecule has 2 rings (SSSR count). The highest BCUT2D eigenvalue weighted by atomic mass is 32.2. The van der Waals surface area contributed by atoms with Gasteiger partial charge >= 0.3 is 0 Å². The maximum Gasteiger partial charge on any atom is 0.258 e. The summed E-state index contributed by atoms with van der Waals surface area (Å²) in [6.45, 7) is 0.570. The molecule has 1 aromatic rings. The summed E-state index contributed by atoms with van der Waals surface area (Å²) in [5.41, 5.74) is -0.0447. The molecule has 0 saturated heterocycles. The van der Waals surface area contributed by atoms with Crippen molar-refractivity contribution in [1.82, 2.24) is 5.32 Å². The van der Waals surface area contributed by atoms with Gasteiger partial charge in [-0.1, -0.05) is 18.9 Å². The van der Waals surface area contributed by atoms with E-state index in [-0.39, 0.29) is 21.8 Å². The number of hydrogen-bond donors (Lipinski definition) is 3. The fraction of sp³-hybridized carbons (Fsp3) is 0.500. The van der Waals surface area contributed by atoms with Gasteiger partial charge in [0.05, 0.1) is 0 Å². The maximum atomic E-state index is 12.1. The third kappa shape index (κ3) is 2.97. The number of aromatic hydroxyl groups is 2. The van der Waals surface area contributed by atoms with Crippen LogP contribution in [0.2, 0.25) is 0 Å². The van der Waals surface area contributed by atoms with Crippen molar-refractivity contribution in [3.8, 4) is 11.5 Å². The second kappa shape index (κ2) is 5.74. The molecule has 1 fully saturated rings. The number of nitrogens with one attached hydrogen (secondary N) is 1. The number of amides is 1. The van der Waals surface area contributed by atoms with Crippen LogP contribution in [0.5, 0.6) is 11.5 Å². The molecule has 0 radical (unpaired) electrons. The number of carbonyl (C=O) groups excluding carboxylic acids is 1. The van der Waals surface area contributed by atoms with Crippen LogP contribution in [0.25, 0.3) is 0 Å². The van der Waals surface area contributed by atoms with Gasteiger partial charge < -0.3 is 15.5 Å². The highest BCUT2D eigenvalue weighted by molar-refractivity contribution is 8.00. The molecule has 19 heavy (non-hydrogen) atoms. The number of phenols is 2. The van der Waals surface area contributed by atoms with Crippen LogP contribution < -0.4 is 5.32 Å². The van der Waals surface area contributed by atoms with E-state index in [2.05, 4.69) is 11.6 Å². The van der Waals surface area contributed by atoms with E-state index in [1.165, 1.54) is 31.0 Å². The minimum Gasteiger partial charge on any atom is -0.507 e. The molecule has 0 spiro atoms. The molecule has 0 heterocycles. The van der Waals surface area contributed by atoms with Gasteiger partial charge in [-0.05, 0) is 31.2 Å². The van der Waals surface area contributed by atoms with Crippen molar-refractivity contribution in [2.24, 2.45) is 0 Å². The van der Waals surface area contributed by atoms with E-state index in [0.717, 1.165) is 12.8 Å². The second-order valence-electron chi connectivity index (χ2n) is 4.95. The van der Waals surface area contributed by atoms with Gasteiger partial charge in [-0.2, -0.15) is 11.8 Å². The highest BCUT2D eigenvalue weighted by Gasteiger charge is 2.33. The van der Waals surface area contributed by atoms with E-state index in [9.17, 15) is 15.0 Å². The fourth-order valence-electron chi connectivity index (χ4n) is 2.56. The Balaban J connectivity index is 2.05. The lowest BCUT2D eigenvalue weighted by Gasteiger charge is -2.27. The average molecular weight is 281 g/mol. The molecule has 1 amide bonds. The summed E-state index contributed by atoms with van der Waals surface area (Å²) in [6.07, 6.45) is 6.65. The molecule has 1 aliphatic rings. The van der Waals surface area contributed by atoms with Crippen molar-refractivity contribution in [1.29, 1.82) is 0 Å². The molecule has 0 aromatic heterocycles. The molecule has 0 bridgehead atoms. The SMILES string of the molecule is CSC1(CNC(=O)c2c(O)cccc2O)CCCC1. The molecule has 1 aromatic carbocycles. The third-order valence-corrected chi connectivity index (χ3v) is 5.19. The summed E-state index contributed by atoms with van der Waals surface area (Å²) < 4.78 is 0.107. The van der Waals surface area contributed by atoms with Gasteiger partial charge in [-0.15, -0.1) is 0 Å². The molecule has 0 atom stereocenters. The van der Waals surface area contributed by atoms with Crippen LogP contribution in [0.15, 0.2) is 18.2 Å². The highest BCUT2D eigenvalue weighted by Crippen LogP contribution is 2.39. The largest absolute Gasteiger partial charge is 0.507 e. The number of phenolic OH excluding ortho intramolecular Hbond substituents is 2. The zero-order chi connectivity index (χ0) is 13.9. The lowest BCUT2D eigenvalue weighted by molar-refractivity contribution is 0.0944. The first-order chi connectivity index (χ1) is 9.08. The lowest BCUT2D eigenvalue weighted by atomic mass is 10.1. The Hall–Kier alpha value is -1.36. The number of carbonyl (C=O) groups is 1. The average Bonchev–Trinajstić information content (AvgIpc) is 2.86. The Bertz CT molecular complexity index is 450. The molecule has 0 aliphatic heterocycles. The topological polar surface area (TPSA) is 69.6 Å². The van der Waals surface area contributed by atoms with Gasteiger partial charge in [0.2, 0.25) is 0 Å². The van der Waals surface area contributed by atoms with Crippen LogP contribution in [0.3, 0.4) is 0 Å². The van der Waals surface area contributed by atoms with Crippen molar-refractivity contribution in [3.05, 3.63) is 23.8 Å². The van der Waals surface area contributed by atoms with E-state index in [1.54, 1.807) is 11.8 Å². The molecule has 1 aliphatic carbocycles. The Morgan fingerprint density at radius 2 is 1.89 bits per heavy atom. The zero-order valence-corrected chi connectivity index (χ0v) is 11.8. The molecule has 5 heteroatoms. The van der Waals surface area contributed by atoms with Crippen LogP contribution in [0.4, 0.5) is 0 Å². The van der Waals surface area contributed by atoms with Gasteiger partial charge in [0.25, 0.3) is 5.91 Å². The first-order valence-corrected chi connectivity index (χ1v) is 7.65. The molecule has 4 nitrogen and oxygen atoms in total. The lowest BCUT2D eigenvalue weighted by Crippen LogP contribution is -2.38. The van der Waals surface area contributed by atoms with Crippen LogP contribution in [-0.4, -0.2) is 33.7 Å². The van der Waals surface area contributed by atoms with Gasteiger partial charge in [0.15, 0.2) is 0 Å². The van der Waals surface area contributed by atoms with Crippen LogP contribution in [0, 0.1) is 0 Å². The Labute approximate surface area is 117 Å². The van der Waals surface area contributed by atoms with Crippen LogP contribution in [0.1, 0.15) is 36.0 Å². The third-order valence-electron chi connectivity index (χ3n) is 3.77. The number of hydrogen-bond acceptors (Lipinski definition) is 4. The molecule has 3 N–H and O–H groups in total. The summed E-state index contributed by atoms with van der Waals surface area (Å²) in [4.78, 5) is 12.1. The molecular weight excluding hydrogens is 262 g/mol. The molecule has 1 saturated carbocycles. The second-order valence-corrected chi connectivity index (χ2v) is 6.22. The minimum absolute atomic E-state index is 0.0447. The fourth-order valence-corrected chi connectivity index (χ4v) is 3.48. The van der Waals surface area contributed by atoms with E-state index >= 15 is 0 Å². The normalized spacial score (nSPS) is 17.3. The molecule has 104 valence electrons. The van der Waals surface area contributed by atoms with Crippen LogP contribution >= 0.6 is 11.8 Å². The number of rotatable bonds is 4. The summed E-state index contributed by atoms with van der Waals surface area (Å²) in [7, 11) is 0.